The predicted molar refractivity (Wildman–Crippen MR) is 381 cm³/mol. The molecule has 13 heteroatoms. The summed E-state index contributed by atoms with van der Waals surface area (Å²) < 4.78 is 12.2. The number of piperidine rings is 5. The average molecular weight is 1250 g/mol. The second-order valence-electron chi connectivity index (χ2n) is 33.2. The second kappa shape index (κ2) is 38.4. The van der Waals surface area contributed by atoms with Gasteiger partial charge in [-0.05, 0) is 315 Å². The van der Waals surface area contributed by atoms with Crippen LogP contribution in [-0.4, -0.2) is 290 Å². The van der Waals surface area contributed by atoms with Crippen molar-refractivity contribution in [1.82, 2.24) is 53.9 Å². The Morgan fingerprint density at radius 1 is 0.371 bits per heavy atom. The minimum absolute atomic E-state index is 0.392. The molecular formula is C76H151N11O2. The predicted octanol–water partition coefficient (Wildman–Crippen LogP) is 12.4. The van der Waals surface area contributed by atoms with Crippen molar-refractivity contribution < 1.29 is 9.47 Å². The smallest absolute Gasteiger partial charge is 0.0599 e. The number of piperazine rings is 3. The van der Waals surface area contributed by atoms with E-state index in [0.29, 0.717) is 41.9 Å². The number of hydrogen-bond acceptors (Lipinski definition) is 13. The van der Waals surface area contributed by atoms with E-state index in [-0.39, 0.29) is 0 Å². The van der Waals surface area contributed by atoms with Gasteiger partial charge in [-0.3, -0.25) is 24.5 Å². The van der Waals surface area contributed by atoms with E-state index in [1.54, 1.807) is 0 Å². The molecule has 522 valence electrons. The molecule has 9 aliphatic heterocycles. The number of nitrogens with zero attached hydrogens (tertiary/aromatic N) is 11. The molecule has 0 radical (unpaired) electrons. The number of rotatable bonds is 22. The van der Waals surface area contributed by atoms with Crippen LogP contribution < -0.4 is 0 Å². The Morgan fingerprint density at radius 2 is 0.820 bits per heavy atom. The molecule has 0 unspecified atom stereocenters. The zero-order valence-electron chi connectivity index (χ0n) is 62.2. The molecule has 0 N–H and O–H groups in total. The van der Waals surface area contributed by atoms with E-state index >= 15 is 0 Å². The molecule has 0 aromatic heterocycles. The lowest BCUT2D eigenvalue weighted by atomic mass is 9.67. The third kappa shape index (κ3) is 24.8. The fourth-order valence-corrected chi connectivity index (χ4v) is 18.0. The molecule has 10 fully saturated rings. The Morgan fingerprint density at radius 3 is 1.28 bits per heavy atom. The molecule has 1 spiro atoms. The average Bonchev–Trinajstić information content (AvgIpc) is 1.87. The summed E-state index contributed by atoms with van der Waals surface area (Å²) in [6.45, 7) is 69.9. The van der Waals surface area contributed by atoms with Crippen LogP contribution in [0.25, 0.3) is 0 Å². The maximum atomic E-state index is 6.10. The standard InChI is InChI=1S/C22H42N2O.C19H37N3.C18H37N3O.C17H35N3/c1-18(2)24-13-7-20(8-14-24)17-23-15-11-22(12-16-23)9-5-21(6-10-22)25-19(3)4;1-15(2)20-10-7-17(8-11-20)6-5-9-21-13-19-12-18(21)14-22(19)16(3)4;1-16(2)20-9-6-18(7-10-20)22-15-5-8-19-11-13-21(14-12-19)17(3)4;1-14(2)18-8-6-17(7-9-18)16(5)20-12-10-19(11-13-20)15(3)4/h18-21H,5-17H2,1-4H3;15-19H,5-14H2,1-4H3;16-18H,5-15H2,1-4H3;14-17H,6-13H2,1-5H3/t;18-,19-;;16-/m.1.1/s1. The first-order chi connectivity index (χ1) is 42.5. The first-order valence-electron chi connectivity index (χ1n) is 38.9. The van der Waals surface area contributed by atoms with Gasteiger partial charge in [0.1, 0.15) is 0 Å². The van der Waals surface area contributed by atoms with Crippen LogP contribution in [0.1, 0.15) is 233 Å². The molecule has 10 rings (SSSR count). The molecule has 9 saturated heterocycles. The first kappa shape index (κ1) is 75.9. The van der Waals surface area contributed by atoms with E-state index in [9.17, 15) is 0 Å². The van der Waals surface area contributed by atoms with Crippen molar-refractivity contribution in [2.45, 2.75) is 312 Å². The van der Waals surface area contributed by atoms with Crippen molar-refractivity contribution >= 4 is 0 Å². The molecule has 0 amide bonds. The summed E-state index contributed by atoms with van der Waals surface area (Å²) >= 11 is 0. The lowest BCUT2D eigenvalue weighted by molar-refractivity contribution is -0.0493. The van der Waals surface area contributed by atoms with Gasteiger partial charge in [-0.25, -0.2) is 0 Å². The minimum Gasteiger partial charge on any atom is -0.378 e. The van der Waals surface area contributed by atoms with E-state index in [0.717, 1.165) is 66.7 Å². The third-order valence-electron chi connectivity index (χ3n) is 24.7. The third-order valence-corrected chi connectivity index (χ3v) is 24.7. The quantitative estimate of drug-likeness (QED) is 0.0968. The summed E-state index contributed by atoms with van der Waals surface area (Å²) in [5.74, 6) is 2.86. The van der Waals surface area contributed by atoms with Gasteiger partial charge in [0.05, 0.1) is 18.3 Å². The van der Waals surface area contributed by atoms with Crippen LogP contribution in [0.5, 0.6) is 0 Å². The second-order valence-corrected chi connectivity index (χ2v) is 33.2. The van der Waals surface area contributed by atoms with Crippen molar-refractivity contribution in [3.05, 3.63) is 0 Å². The van der Waals surface area contributed by atoms with Crippen molar-refractivity contribution in [3.8, 4) is 0 Å². The number of ether oxygens (including phenoxy) is 2. The monoisotopic (exact) mass is 1250 g/mol. The molecule has 0 aromatic rings. The minimum atomic E-state index is 0.392. The SMILES string of the molecule is CC(C)N1CCC(CCCN2C[C@H]3C[C@@H]2CN3C(C)C)CC1.CC(C)N1CCC(OCCCN2CCN(C(C)C)CC2)CC1.CC(C)N1CCC([C@@H](C)N2CCN(C(C)C)CC2)CC1.CC(C)OC1CCC2(CC1)CCN(CC1CCN(C(C)C)CC1)CC2. The Labute approximate surface area is 553 Å². The largest absolute Gasteiger partial charge is 0.378 e. The maximum absolute atomic E-state index is 6.10. The van der Waals surface area contributed by atoms with Crippen LogP contribution >= 0.6 is 0 Å². The van der Waals surface area contributed by atoms with Gasteiger partial charge in [-0.15, -0.1) is 0 Å². The zero-order valence-corrected chi connectivity index (χ0v) is 62.2. The van der Waals surface area contributed by atoms with Gasteiger partial charge in [-0.1, -0.05) is 0 Å². The molecule has 0 aromatic carbocycles. The maximum Gasteiger partial charge on any atom is 0.0599 e. The van der Waals surface area contributed by atoms with E-state index in [1.807, 2.05) is 0 Å². The highest BCUT2D eigenvalue weighted by molar-refractivity contribution is 5.01. The summed E-state index contributed by atoms with van der Waals surface area (Å²) in [7, 11) is 0. The molecule has 89 heavy (non-hydrogen) atoms. The molecule has 3 atom stereocenters. The number of fused-ring (bicyclic) bond motifs is 2. The molecule has 2 bridgehead atoms. The first-order valence-corrected chi connectivity index (χ1v) is 38.9. The zero-order chi connectivity index (χ0) is 64.2. The summed E-state index contributed by atoms with van der Waals surface area (Å²) in [6, 6.07) is 7.53. The van der Waals surface area contributed by atoms with Crippen LogP contribution in [0, 0.1) is 23.2 Å². The van der Waals surface area contributed by atoms with Crippen molar-refractivity contribution in [2.24, 2.45) is 23.2 Å². The summed E-state index contributed by atoms with van der Waals surface area (Å²) in [5.41, 5.74) is 0.661. The summed E-state index contributed by atoms with van der Waals surface area (Å²) in [5, 5.41) is 0. The highest BCUT2D eigenvalue weighted by Gasteiger charge is 2.44. The van der Waals surface area contributed by atoms with Crippen molar-refractivity contribution in [2.75, 3.05) is 157 Å². The Kier molecular flexibility index (Phi) is 32.8. The lowest BCUT2D eigenvalue weighted by Crippen LogP contribution is -2.54. The van der Waals surface area contributed by atoms with E-state index in [1.165, 1.54) is 266 Å². The number of likely N-dealkylation sites (tertiary alicyclic amines) is 7. The van der Waals surface area contributed by atoms with Gasteiger partial charge >= 0.3 is 0 Å². The van der Waals surface area contributed by atoms with Crippen molar-refractivity contribution in [3.63, 3.8) is 0 Å². The van der Waals surface area contributed by atoms with Crippen LogP contribution in [0.15, 0.2) is 0 Å². The van der Waals surface area contributed by atoms with E-state index < -0.39 is 0 Å². The van der Waals surface area contributed by atoms with E-state index in [2.05, 4.69) is 172 Å². The molecule has 1 saturated carbocycles. The molecule has 9 heterocycles. The van der Waals surface area contributed by atoms with Gasteiger partial charge in [-0.2, -0.15) is 0 Å². The molecule has 1 aliphatic carbocycles. The van der Waals surface area contributed by atoms with Gasteiger partial charge in [0.25, 0.3) is 0 Å². The molecular weight excluding hydrogens is 1100 g/mol. The highest BCUT2D eigenvalue weighted by Crippen LogP contribution is 2.46. The van der Waals surface area contributed by atoms with Crippen LogP contribution in [-0.2, 0) is 9.47 Å². The van der Waals surface area contributed by atoms with Gasteiger partial charge < -0.3 is 38.9 Å². The van der Waals surface area contributed by atoms with Crippen LogP contribution in [0.4, 0.5) is 0 Å². The lowest BCUT2D eigenvalue weighted by Gasteiger charge is -2.47. The highest BCUT2D eigenvalue weighted by atomic mass is 16.5. The normalized spacial score (nSPS) is 27.5. The van der Waals surface area contributed by atoms with Gasteiger partial charge in [0.15, 0.2) is 0 Å². The van der Waals surface area contributed by atoms with Crippen LogP contribution in [0.2, 0.25) is 0 Å². The fourth-order valence-electron chi connectivity index (χ4n) is 18.0. The van der Waals surface area contributed by atoms with Gasteiger partial charge in [0, 0.05) is 159 Å². The van der Waals surface area contributed by atoms with E-state index in [4.69, 9.17) is 9.47 Å². The Hall–Kier alpha value is -0.520. The summed E-state index contributed by atoms with van der Waals surface area (Å²) in [6.07, 6.45) is 26.1. The molecule has 13 nitrogen and oxygen atoms in total. The van der Waals surface area contributed by atoms with Crippen LogP contribution in [0.3, 0.4) is 0 Å². The Balaban J connectivity index is 0.000000170. The topological polar surface area (TPSA) is 54.1 Å². The Bertz CT molecular complexity index is 1760. The molecule has 10 aliphatic rings. The van der Waals surface area contributed by atoms with Gasteiger partial charge in [0.2, 0.25) is 0 Å². The number of hydrogen-bond donors (Lipinski definition) is 0. The van der Waals surface area contributed by atoms with Crippen molar-refractivity contribution in [1.29, 1.82) is 0 Å². The summed E-state index contributed by atoms with van der Waals surface area (Å²) in [4.78, 5) is 29.4. The fraction of sp³-hybridized carbons (Fsp3) is 1.00.